The molecule has 0 saturated heterocycles. The summed E-state index contributed by atoms with van der Waals surface area (Å²) in [6.07, 6.45) is 0. The minimum atomic E-state index is -3.68. The Morgan fingerprint density at radius 1 is 1.15 bits per heavy atom. The summed E-state index contributed by atoms with van der Waals surface area (Å²) in [6, 6.07) is 11.6. The summed E-state index contributed by atoms with van der Waals surface area (Å²) >= 11 is 0. The molecule has 0 aliphatic carbocycles. The zero-order chi connectivity index (χ0) is 14.8. The van der Waals surface area contributed by atoms with Gasteiger partial charge in [0.1, 0.15) is 5.75 Å². The number of hydrogen-bond acceptors (Lipinski definition) is 4. The Morgan fingerprint density at radius 3 is 2.50 bits per heavy atom. The van der Waals surface area contributed by atoms with Crippen LogP contribution in [0.15, 0.2) is 47.4 Å². The molecule has 0 unspecified atom stereocenters. The summed E-state index contributed by atoms with van der Waals surface area (Å²) < 4.78 is 32.3. The van der Waals surface area contributed by atoms with Gasteiger partial charge < -0.3 is 10.5 Å². The summed E-state index contributed by atoms with van der Waals surface area (Å²) in [5, 5.41) is 0. The average Bonchev–Trinajstić information content (AvgIpc) is 2.41. The number of benzene rings is 2. The first-order valence-corrected chi connectivity index (χ1v) is 7.44. The van der Waals surface area contributed by atoms with Gasteiger partial charge in [-0.25, -0.2) is 8.42 Å². The van der Waals surface area contributed by atoms with Crippen LogP contribution in [0.1, 0.15) is 5.56 Å². The van der Waals surface area contributed by atoms with Crippen LogP contribution in [-0.4, -0.2) is 15.5 Å². The molecule has 20 heavy (non-hydrogen) atoms. The van der Waals surface area contributed by atoms with E-state index in [1.54, 1.807) is 49.4 Å². The Hall–Kier alpha value is -2.21. The van der Waals surface area contributed by atoms with Gasteiger partial charge in [-0.1, -0.05) is 18.2 Å². The third kappa shape index (κ3) is 2.85. The Balaban J connectivity index is 2.41. The van der Waals surface area contributed by atoms with Crippen molar-refractivity contribution in [2.75, 3.05) is 17.6 Å². The van der Waals surface area contributed by atoms with Crippen LogP contribution in [0.3, 0.4) is 0 Å². The second-order valence-electron chi connectivity index (χ2n) is 4.32. The van der Waals surface area contributed by atoms with E-state index in [-0.39, 0.29) is 4.90 Å². The highest BCUT2D eigenvalue weighted by atomic mass is 32.2. The lowest BCUT2D eigenvalue weighted by molar-refractivity contribution is 0.415. The number of anilines is 2. The number of aryl methyl sites for hydroxylation is 1. The minimum Gasteiger partial charge on any atom is -0.497 e. The van der Waals surface area contributed by atoms with Gasteiger partial charge in [0.25, 0.3) is 10.0 Å². The molecule has 0 atom stereocenters. The summed E-state index contributed by atoms with van der Waals surface area (Å²) in [4.78, 5) is 0.224. The quantitative estimate of drug-likeness (QED) is 0.848. The van der Waals surface area contributed by atoms with Gasteiger partial charge in [0, 0.05) is 6.07 Å². The molecular weight excluding hydrogens is 276 g/mol. The number of nitrogens with one attached hydrogen (secondary N) is 1. The lowest BCUT2D eigenvalue weighted by Crippen LogP contribution is -2.15. The van der Waals surface area contributed by atoms with Crippen molar-refractivity contribution in [2.45, 2.75) is 11.8 Å². The van der Waals surface area contributed by atoms with Crippen LogP contribution < -0.4 is 15.2 Å². The highest BCUT2D eigenvalue weighted by molar-refractivity contribution is 7.92. The highest BCUT2D eigenvalue weighted by Gasteiger charge is 2.17. The molecule has 0 radical (unpaired) electrons. The Bertz CT molecular complexity index is 727. The predicted molar refractivity (Wildman–Crippen MR) is 79.4 cm³/mol. The second kappa shape index (κ2) is 5.42. The van der Waals surface area contributed by atoms with Gasteiger partial charge in [-0.2, -0.15) is 0 Å². The molecule has 0 aromatic heterocycles. The first-order valence-electron chi connectivity index (χ1n) is 5.96. The van der Waals surface area contributed by atoms with Gasteiger partial charge in [-0.15, -0.1) is 0 Å². The van der Waals surface area contributed by atoms with Gasteiger partial charge in [-0.05, 0) is 30.7 Å². The van der Waals surface area contributed by atoms with Crippen molar-refractivity contribution in [3.8, 4) is 5.75 Å². The van der Waals surface area contributed by atoms with Gasteiger partial charge in [0.2, 0.25) is 0 Å². The molecule has 0 aliphatic rings. The Kier molecular flexibility index (Phi) is 3.85. The highest BCUT2D eigenvalue weighted by Crippen LogP contribution is 2.27. The van der Waals surface area contributed by atoms with Crippen LogP contribution >= 0.6 is 0 Å². The van der Waals surface area contributed by atoms with Crippen molar-refractivity contribution < 1.29 is 13.2 Å². The maximum Gasteiger partial charge on any atom is 0.262 e. The second-order valence-corrected chi connectivity index (χ2v) is 5.98. The van der Waals surface area contributed by atoms with E-state index in [1.165, 1.54) is 7.11 Å². The Labute approximate surface area is 118 Å². The number of rotatable bonds is 4. The van der Waals surface area contributed by atoms with Crippen molar-refractivity contribution in [3.63, 3.8) is 0 Å². The number of hydrogen-bond donors (Lipinski definition) is 2. The topological polar surface area (TPSA) is 81.4 Å². The van der Waals surface area contributed by atoms with Crippen molar-refractivity contribution >= 4 is 21.4 Å². The molecule has 0 saturated carbocycles. The fourth-order valence-electron chi connectivity index (χ4n) is 1.81. The molecule has 0 aliphatic heterocycles. The van der Waals surface area contributed by atoms with E-state index in [0.717, 1.165) is 0 Å². The van der Waals surface area contributed by atoms with E-state index in [0.29, 0.717) is 22.7 Å². The molecule has 2 aromatic carbocycles. The normalized spacial score (nSPS) is 11.1. The van der Waals surface area contributed by atoms with E-state index in [4.69, 9.17) is 10.5 Å². The molecular formula is C14H16N2O3S. The van der Waals surface area contributed by atoms with Crippen LogP contribution in [0.2, 0.25) is 0 Å². The molecule has 0 spiro atoms. The zero-order valence-electron chi connectivity index (χ0n) is 11.3. The van der Waals surface area contributed by atoms with Gasteiger partial charge in [0.15, 0.2) is 0 Å². The van der Waals surface area contributed by atoms with Crippen molar-refractivity contribution in [2.24, 2.45) is 0 Å². The average molecular weight is 292 g/mol. The number of nitrogen functional groups attached to an aromatic ring is 1. The van der Waals surface area contributed by atoms with E-state index in [1.807, 2.05) is 0 Å². The molecule has 106 valence electrons. The number of methoxy groups -OCH3 is 1. The maximum atomic E-state index is 12.4. The predicted octanol–water partition coefficient (Wildman–Crippen LogP) is 2.39. The lowest BCUT2D eigenvalue weighted by Gasteiger charge is -2.13. The maximum absolute atomic E-state index is 12.4. The molecule has 0 amide bonds. The third-order valence-corrected chi connectivity index (χ3v) is 4.41. The van der Waals surface area contributed by atoms with Crippen molar-refractivity contribution in [1.82, 2.24) is 0 Å². The smallest absolute Gasteiger partial charge is 0.262 e. The molecule has 0 bridgehead atoms. The molecule has 3 N–H and O–H groups in total. The molecule has 0 heterocycles. The molecule has 2 aromatic rings. The van der Waals surface area contributed by atoms with Gasteiger partial charge in [0.05, 0.1) is 23.4 Å². The first-order chi connectivity index (χ1) is 9.44. The fraction of sp³-hybridized carbons (Fsp3) is 0.143. The SMILES string of the molecule is COc1ccc(N)c(NS(=O)(=O)c2ccccc2C)c1. The van der Waals surface area contributed by atoms with Crippen LogP contribution in [0, 0.1) is 6.92 Å². The van der Waals surface area contributed by atoms with E-state index >= 15 is 0 Å². The van der Waals surface area contributed by atoms with E-state index in [2.05, 4.69) is 4.72 Å². The molecule has 5 nitrogen and oxygen atoms in total. The van der Waals surface area contributed by atoms with Crippen molar-refractivity contribution in [1.29, 1.82) is 0 Å². The molecule has 6 heteroatoms. The standard InChI is InChI=1S/C14H16N2O3S/c1-10-5-3-4-6-14(10)20(17,18)16-13-9-11(19-2)7-8-12(13)15/h3-9,16H,15H2,1-2H3. The Morgan fingerprint density at radius 2 is 1.85 bits per heavy atom. The van der Waals surface area contributed by atoms with Crippen molar-refractivity contribution in [3.05, 3.63) is 48.0 Å². The minimum absolute atomic E-state index is 0.224. The van der Waals surface area contributed by atoms with Crippen LogP contribution in [0.4, 0.5) is 11.4 Å². The monoisotopic (exact) mass is 292 g/mol. The van der Waals surface area contributed by atoms with Crippen LogP contribution in [-0.2, 0) is 10.0 Å². The summed E-state index contributed by atoms with van der Waals surface area (Å²) in [6.45, 7) is 1.74. The largest absolute Gasteiger partial charge is 0.497 e. The van der Waals surface area contributed by atoms with E-state index < -0.39 is 10.0 Å². The number of nitrogens with two attached hydrogens (primary N) is 1. The fourth-order valence-corrected chi connectivity index (χ4v) is 3.13. The third-order valence-electron chi connectivity index (χ3n) is 2.89. The first kappa shape index (κ1) is 14.2. The lowest BCUT2D eigenvalue weighted by atomic mass is 10.2. The number of ether oxygens (including phenoxy) is 1. The molecule has 2 rings (SSSR count). The number of sulfonamides is 1. The van der Waals surface area contributed by atoms with E-state index in [9.17, 15) is 8.42 Å². The summed E-state index contributed by atoms with van der Waals surface area (Å²) in [5.41, 5.74) is 7.09. The van der Waals surface area contributed by atoms with Crippen LogP contribution in [0.5, 0.6) is 5.75 Å². The summed E-state index contributed by atoms with van der Waals surface area (Å²) in [5.74, 6) is 0.529. The summed E-state index contributed by atoms with van der Waals surface area (Å²) in [7, 11) is -2.17. The van der Waals surface area contributed by atoms with Gasteiger partial charge >= 0.3 is 0 Å². The van der Waals surface area contributed by atoms with Gasteiger partial charge in [-0.3, -0.25) is 4.72 Å². The van der Waals surface area contributed by atoms with Crippen LogP contribution in [0.25, 0.3) is 0 Å². The zero-order valence-corrected chi connectivity index (χ0v) is 12.1. The molecule has 0 fully saturated rings.